The Morgan fingerprint density at radius 2 is 1.32 bits per heavy atom. The van der Waals surface area contributed by atoms with E-state index in [0.29, 0.717) is 24.7 Å². The number of aliphatic carboxylic acids is 2. The zero-order chi connectivity index (χ0) is 18.8. The number of aliphatic hydroxyl groups is 1. The van der Waals surface area contributed by atoms with Gasteiger partial charge in [0.25, 0.3) is 0 Å². The van der Waals surface area contributed by atoms with Gasteiger partial charge in [-0.05, 0) is 24.7 Å². The molecule has 0 aromatic carbocycles. The highest BCUT2D eigenvalue weighted by molar-refractivity contribution is 5.76. The Bertz CT molecular complexity index is 437. The molecule has 0 heterocycles. The molecule has 2 atom stereocenters. The van der Waals surface area contributed by atoms with Gasteiger partial charge in [-0.25, -0.2) is 9.59 Å². The maximum absolute atomic E-state index is 10.7. The second-order valence-electron chi connectivity index (χ2n) is 7.06. The summed E-state index contributed by atoms with van der Waals surface area (Å²) >= 11 is 0. The SMILES string of the molecule is CC(=O)O[C@@H](CC1CCCC1)C(=O)O.O=C(O)[C@@H](O)CC1CCCC1. The first kappa shape index (κ1) is 21.4. The molecular weight excluding hydrogens is 328 g/mol. The molecule has 0 radical (unpaired) electrons. The van der Waals surface area contributed by atoms with E-state index in [9.17, 15) is 14.4 Å². The minimum absolute atomic E-state index is 0.412. The fraction of sp³-hybridized carbons (Fsp3) is 0.833. The first-order chi connectivity index (χ1) is 11.8. The molecule has 0 aromatic rings. The minimum Gasteiger partial charge on any atom is -0.479 e. The number of carboxylic acid groups (broad SMARTS) is 2. The summed E-state index contributed by atoms with van der Waals surface area (Å²) in [6.45, 7) is 1.24. The lowest BCUT2D eigenvalue weighted by Crippen LogP contribution is -2.28. The van der Waals surface area contributed by atoms with E-state index >= 15 is 0 Å². The van der Waals surface area contributed by atoms with E-state index in [0.717, 1.165) is 38.5 Å². The third kappa shape index (κ3) is 8.86. The number of carbonyl (C=O) groups excluding carboxylic acids is 1. The number of ether oxygens (including phenoxy) is 1. The van der Waals surface area contributed by atoms with E-state index in [4.69, 9.17) is 20.1 Å². The van der Waals surface area contributed by atoms with Crippen molar-refractivity contribution in [3.8, 4) is 0 Å². The number of carbonyl (C=O) groups is 3. The Labute approximate surface area is 148 Å². The second-order valence-corrected chi connectivity index (χ2v) is 7.06. The number of carboxylic acids is 2. The highest BCUT2D eigenvalue weighted by atomic mass is 16.6. The van der Waals surface area contributed by atoms with Crippen molar-refractivity contribution in [1.82, 2.24) is 0 Å². The number of esters is 1. The summed E-state index contributed by atoms with van der Waals surface area (Å²) in [7, 11) is 0. The highest BCUT2D eigenvalue weighted by Crippen LogP contribution is 2.29. The van der Waals surface area contributed by atoms with E-state index in [2.05, 4.69) is 0 Å². The predicted molar refractivity (Wildman–Crippen MR) is 90.0 cm³/mol. The molecule has 0 aliphatic heterocycles. The molecule has 2 aliphatic rings. The molecule has 2 rings (SSSR count). The summed E-state index contributed by atoms with van der Waals surface area (Å²) < 4.78 is 4.74. The lowest BCUT2D eigenvalue weighted by molar-refractivity contribution is -0.163. The van der Waals surface area contributed by atoms with Crippen molar-refractivity contribution in [2.24, 2.45) is 11.8 Å². The molecule has 2 fully saturated rings. The van der Waals surface area contributed by atoms with Crippen molar-refractivity contribution in [2.75, 3.05) is 0 Å². The summed E-state index contributed by atoms with van der Waals surface area (Å²) in [5.74, 6) is -1.78. The average molecular weight is 358 g/mol. The third-order valence-corrected chi connectivity index (χ3v) is 4.92. The zero-order valence-corrected chi connectivity index (χ0v) is 14.9. The third-order valence-electron chi connectivity index (χ3n) is 4.92. The molecule has 0 unspecified atom stereocenters. The molecule has 3 N–H and O–H groups in total. The van der Waals surface area contributed by atoms with Gasteiger partial charge in [-0.1, -0.05) is 51.4 Å². The van der Waals surface area contributed by atoms with Crippen LogP contribution in [0.5, 0.6) is 0 Å². The van der Waals surface area contributed by atoms with Crippen LogP contribution in [0.25, 0.3) is 0 Å². The molecule has 144 valence electrons. The van der Waals surface area contributed by atoms with Gasteiger partial charge in [-0.3, -0.25) is 4.79 Å². The van der Waals surface area contributed by atoms with E-state index in [1.54, 1.807) is 0 Å². The van der Waals surface area contributed by atoms with Crippen LogP contribution in [0.1, 0.15) is 71.1 Å². The van der Waals surface area contributed by atoms with Crippen molar-refractivity contribution in [3.05, 3.63) is 0 Å². The summed E-state index contributed by atoms with van der Waals surface area (Å²) in [5, 5.41) is 26.2. The Balaban J connectivity index is 0.000000257. The van der Waals surface area contributed by atoms with Crippen LogP contribution in [-0.4, -0.2) is 45.4 Å². The van der Waals surface area contributed by atoms with Gasteiger partial charge in [0.2, 0.25) is 0 Å². The van der Waals surface area contributed by atoms with Crippen LogP contribution in [0, 0.1) is 11.8 Å². The highest BCUT2D eigenvalue weighted by Gasteiger charge is 2.27. The number of hydrogen-bond acceptors (Lipinski definition) is 5. The molecule has 0 spiro atoms. The second kappa shape index (κ2) is 11.1. The summed E-state index contributed by atoms with van der Waals surface area (Å²) in [6, 6.07) is 0. The molecule has 25 heavy (non-hydrogen) atoms. The van der Waals surface area contributed by atoms with Crippen LogP contribution in [0.4, 0.5) is 0 Å². The quantitative estimate of drug-likeness (QED) is 0.598. The molecule has 2 saturated carbocycles. The van der Waals surface area contributed by atoms with Gasteiger partial charge in [0.05, 0.1) is 0 Å². The van der Waals surface area contributed by atoms with E-state index in [1.165, 1.54) is 19.8 Å². The van der Waals surface area contributed by atoms with Gasteiger partial charge in [-0.2, -0.15) is 0 Å². The maximum Gasteiger partial charge on any atom is 0.345 e. The van der Waals surface area contributed by atoms with Gasteiger partial charge in [-0.15, -0.1) is 0 Å². The van der Waals surface area contributed by atoms with Crippen molar-refractivity contribution in [2.45, 2.75) is 83.3 Å². The van der Waals surface area contributed by atoms with Crippen molar-refractivity contribution >= 4 is 17.9 Å². The summed E-state index contributed by atoms with van der Waals surface area (Å²) in [5.41, 5.74) is 0. The molecule has 0 amide bonds. The van der Waals surface area contributed by atoms with E-state index in [-0.39, 0.29) is 0 Å². The van der Waals surface area contributed by atoms with Crippen molar-refractivity contribution < 1.29 is 34.4 Å². The molecular formula is C18H30O7. The maximum atomic E-state index is 10.7. The topological polar surface area (TPSA) is 121 Å². The largest absolute Gasteiger partial charge is 0.479 e. The minimum atomic E-state index is -1.14. The smallest absolute Gasteiger partial charge is 0.345 e. The fourth-order valence-electron chi connectivity index (χ4n) is 3.61. The zero-order valence-electron chi connectivity index (χ0n) is 14.9. The molecule has 7 nitrogen and oxygen atoms in total. The standard InChI is InChI=1S/C10H16O4.C8H14O3/c1-7(11)14-9(10(12)13)6-8-4-2-3-5-8;9-7(8(10)11)5-6-3-1-2-4-6/h8-9H,2-6H2,1H3,(H,12,13);6-7,9H,1-5H2,(H,10,11)/t9-;7-/m00/s1. The molecule has 2 aliphatic carbocycles. The Morgan fingerprint density at radius 3 is 1.68 bits per heavy atom. The van der Waals surface area contributed by atoms with Crippen molar-refractivity contribution in [1.29, 1.82) is 0 Å². The lowest BCUT2D eigenvalue weighted by atomic mass is 10.00. The molecule has 0 bridgehead atoms. The van der Waals surface area contributed by atoms with Gasteiger partial charge < -0.3 is 20.1 Å². The number of hydrogen-bond donors (Lipinski definition) is 3. The van der Waals surface area contributed by atoms with Crippen LogP contribution in [0.15, 0.2) is 0 Å². The lowest BCUT2D eigenvalue weighted by Gasteiger charge is -2.16. The van der Waals surface area contributed by atoms with Crippen LogP contribution in [0.2, 0.25) is 0 Å². The molecule has 0 saturated heterocycles. The average Bonchev–Trinajstić information content (AvgIpc) is 3.20. The van der Waals surface area contributed by atoms with Gasteiger partial charge >= 0.3 is 17.9 Å². The molecule has 7 heteroatoms. The van der Waals surface area contributed by atoms with Crippen LogP contribution >= 0.6 is 0 Å². The van der Waals surface area contributed by atoms with Gasteiger partial charge in [0, 0.05) is 6.92 Å². The van der Waals surface area contributed by atoms with Gasteiger partial charge in [0.1, 0.15) is 0 Å². The normalized spacial score (nSPS) is 20.4. The predicted octanol–water partition coefficient (Wildman–Crippen LogP) is 2.60. The first-order valence-corrected chi connectivity index (χ1v) is 9.10. The Morgan fingerprint density at radius 1 is 0.880 bits per heavy atom. The summed E-state index contributed by atoms with van der Waals surface area (Å²) in [4.78, 5) is 31.6. The monoisotopic (exact) mass is 358 g/mol. The van der Waals surface area contributed by atoms with Gasteiger partial charge in [0.15, 0.2) is 12.2 Å². The Hall–Kier alpha value is -1.63. The van der Waals surface area contributed by atoms with Crippen LogP contribution in [-0.2, 0) is 19.1 Å². The summed E-state index contributed by atoms with van der Waals surface area (Å²) in [6.07, 6.45) is 7.82. The van der Waals surface area contributed by atoms with Crippen LogP contribution in [0.3, 0.4) is 0 Å². The number of rotatable bonds is 7. The van der Waals surface area contributed by atoms with E-state index < -0.39 is 30.1 Å². The fourth-order valence-corrected chi connectivity index (χ4v) is 3.61. The van der Waals surface area contributed by atoms with E-state index in [1.807, 2.05) is 0 Å². The van der Waals surface area contributed by atoms with Crippen molar-refractivity contribution in [3.63, 3.8) is 0 Å². The Kier molecular flexibility index (Phi) is 9.49. The van der Waals surface area contributed by atoms with Crippen LogP contribution < -0.4 is 0 Å². The first-order valence-electron chi connectivity index (χ1n) is 9.10. The number of aliphatic hydroxyl groups excluding tert-OH is 1. The molecule has 0 aromatic heterocycles.